The van der Waals surface area contributed by atoms with Gasteiger partial charge in [0, 0.05) is 23.7 Å². The van der Waals surface area contributed by atoms with Crippen LogP contribution in [0.5, 0.6) is 0 Å². The number of nitro groups is 1. The number of nitrogens with zero attached hydrogens (tertiary/aromatic N) is 2. The van der Waals surface area contributed by atoms with Gasteiger partial charge in [0.25, 0.3) is 11.6 Å². The third-order valence-electron chi connectivity index (χ3n) is 2.80. The normalized spacial score (nSPS) is 11.3. The van der Waals surface area contributed by atoms with E-state index in [0.29, 0.717) is 11.3 Å². The van der Waals surface area contributed by atoms with Crippen molar-refractivity contribution < 1.29 is 22.9 Å². The van der Waals surface area contributed by atoms with Crippen LogP contribution >= 0.6 is 22.9 Å². The predicted octanol–water partition coefficient (Wildman–Crippen LogP) is 3.24. The first-order valence-electron chi connectivity index (χ1n) is 6.14. The van der Waals surface area contributed by atoms with Crippen molar-refractivity contribution in [1.29, 1.82) is 0 Å². The molecule has 7 nitrogen and oxygen atoms in total. The number of benzene rings is 1. The molecule has 1 aromatic carbocycles. The smallest absolute Gasteiger partial charge is 0.375 e. The van der Waals surface area contributed by atoms with Crippen molar-refractivity contribution in [3.8, 4) is 0 Å². The lowest BCUT2D eigenvalue weighted by atomic mass is 10.2. The molecule has 0 spiro atoms. The third kappa shape index (κ3) is 3.92. The van der Waals surface area contributed by atoms with Gasteiger partial charge in [0.2, 0.25) is 0 Å². The van der Waals surface area contributed by atoms with Gasteiger partial charge in [0.05, 0.1) is 4.92 Å². The molecule has 12 heteroatoms. The number of non-ortho nitro benzene ring substituents is 1. The van der Waals surface area contributed by atoms with Crippen LogP contribution in [0.3, 0.4) is 0 Å². The second-order valence-corrected chi connectivity index (χ2v) is 5.88. The Hall–Kier alpha value is -2.40. The van der Waals surface area contributed by atoms with Crippen LogP contribution in [0.15, 0.2) is 18.2 Å². The monoisotopic (exact) mass is 380 g/mol. The van der Waals surface area contributed by atoms with E-state index in [2.05, 4.69) is 10.3 Å². The van der Waals surface area contributed by atoms with E-state index < -0.39 is 32.7 Å². The van der Waals surface area contributed by atoms with Crippen LogP contribution in [-0.2, 0) is 12.7 Å². The van der Waals surface area contributed by atoms with Gasteiger partial charge < -0.3 is 11.1 Å². The second-order valence-electron chi connectivity index (χ2n) is 4.44. The summed E-state index contributed by atoms with van der Waals surface area (Å²) in [5.41, 5.74) is 3.77. The zero-order valence-electron chi connectivity index (χ0n) is 11.6. The Bertz CT molecular complexity index is 809. The number of anilines is 1. The summed E-state index contributed by atoms with van der Waals surface area (Å²) in [5, 5.41) is 12.7. The molecule has 0 bridgehead atoms. The number of amides is 1. The van der Waals surface area contributed by atoms with Crippen LogP contribution < -0.4 is 11.1 Å². The highest BCUT2D eigenvalue weighted by Crippen LogP contribution is 2.35. The molecule has 1 amide bonds. The Morgan fingerprint density at radius 2 is 2.12 bits per heavy atom. The molecular formula is C12H8ClF3N4O3S. The number of carbonyl (C=O) groups excluding carboxylic acids is 1. The fraction of sp³-hybridized carbons (Fsp3) is 0.167. The van der Waals surface area contributed by atoms with Gasteiger partial charge in [-0.3, -0.25) is 14.9 Å². The average Bonchev–Trinajstić information content (AvgIpc) is 2.88. The van der Waals surface area contributed by atoms with Crippen molar-refractivity contribution in [1.82, 2.24) is 10.3 Å². The quantitative estimate of drug-likeness (QED) is 0.624. The van der Waals surface area contributed by atoms with Gasteiger partial charge in [0.15, 0.2) is 10.8 Å². The van der Waals surface area contributed by atoms with Crippen molar-refractivity contribution in [3.63, 3.8) is 0 Å². The number of alkyl halides is 3. The van der Waals surface area contributed by atoms with Crippen LogP contribution in [0.25, 0.3) is 0 Å². The number of carbonyl (C=O) groups is 1. The lowest BCUT2D eigenvalue weighted by Crippen LogP contribution is -2.25. The Labute approximate surface area is 141 Å². The van der Waals surface area contributed by atoms with E-state index in [0.717, 1.165) is 6.07 Å². The molecule has 0 aliphatic carbocycles. The number of nitrogen functional groups attached to an aromatic ring is 1. The number of thiazole rings is 1. The van der Waals surface area contributed by atoms with Crippen LogP contribution in [0, 0.1) is 10.1 Å². The lowest BCUT2D eigenvalue weighted by molar-refractivity contribution is -0.384. The average molecular weight is 381 g/mol. The van der Waals surface area contributed by atoms with Crippen molar-refractivity contribution in [2.24, 2.45) is 0 Å². The SMILES string of the molecule is Nc1nc(C(F)(F)F)c(C(=O)NCc2cc([N+](=O)[O-])ccc2Cl)s1. The highest BCUT2D eigenvalue weighted by molar-refractivity contribution is 7.17. The van der Waals surface area contributed by atoms with Crippen molar-refractivity contribution >= 4 is 39.7 Å². The van der Waals surface area contributed by atoms with Crippen LogP contribution in [0.4, 0.5) is 24.0 Å². The first-order chi connectivity index (χ1) is 11.1. The highest BCUT2D eigenvalue weighted by Gasteiger charge is 2.39. The lowest BCUT2D eigenvalue weighted by Gasteiger charge is -2.08. The fourth-order valence-corrected chi connectivity index (χ4v) is 2.70. The maximum Gasteiger partial charge on any atom is 0.435 e. The zero-order valence-corrected chi connectivity index (χ0v) is 13.1. The van der Waals surface area contributed by atoms with Crippen LogP contribution in [0.1, 0.15) is 20.9 Å². The van der Waals surface area contributed by atoms with Crippen LogP contribution in [-0.4, -0.2) is 15.8 Å². The fourth-order valence-electron chi connectivity index (χ4n) is 1.75. The topological polar surface area (TPSA) is 111 Å². The molecule has 2 aromatic rings. The predicted molar refractivity (Wildman–Crippen MR) is 80.8 cm³/mol. The van der Waals surface area contributed by atoms with Gasteiger partial charge in [-0.2, -0.15) is 13.2 Å². The number of aromatic nitrogens is 1. The van der Waals surface area contributed by atoms with Gasteiger partial charge >= 0.3 is 6.18 Å². The summed E-state index contributed by atoms with van der Waals surface area (Å²) in [6.45, 7) is -0.297. The maximum absolute atomic E-state index is 12.8. The molecule has 0 aliphatic rings. The van der Waals surface area contributed by atoms with Crippen molar-refractivity contribution in [2.75, 3.05) is 5.73 Å². The molecule has 1 aromatic heterocycles. The molecule has 1 heterocycles. The number of rotatable bonds is 4. The molecule has 0 saturated carbocycles. The van der Waals surface area contributed by atoms with Crippen molar-refractivity contribution in [2.45, 2.75) is 12.7 Å². The molecule has 24 heavy (non-hydrogen) atoms. The Morgan fingerprint density at radius 1 is 1.46 bits per heavy atom. The minimum atomic E-state index is -4.83. The minimum Gasteiger partial charge on any atom is -0.375 e. The number of nitrogens with one attached hydrogen (secondary N) is 1. The van der Waals surface area contributed by atoms with Crippen LogP contribution in [0.2, 0.25) is 5.02 Å². The Morgan fingerprint density at radius 3 is 2.71 bits per heavy atom. The summed E-state index contributed by atoms with van der Waals surface area (Å²) in [6, 6.07) is 3.54. The number of hydrogen-bond donors (Lipinski definition) is 2. The molecule has 2 rings (SSSR count). The summed E-state index contributed by atoms with van der Waals surface area (Å²) >= 11 is 6.24. The summed E-state index contributed by atoms with van der Waals surface area (Å²) < 4.78 is 38.4. The number of nitrogens with two attached hydrogens (primary N) is 1. The van der Waals surface area contributed by atoms with E-state index in [9.17, 15) is 28.1 Å². The first kappa shape index (κ1) is 17.9. The number of hydrogen-bond acceptors (Lipinski definition) is 6. The van der Waals surface area contributed by atoms with Crippen molar-refractivity contribution in [3.05, 3.63) is 49.5 Å². The summed E-state index contributed by atoms with van der Waals surface area (Å²) in [7, 11) is 0. The number of nitro benzene ring substituents is 1. The molecule has 0 atom stereocenters. The largest absolute Gasteiger partial charge is 0.435 e. The van der Waals surface area contributed by atoms with Gasteiger partial charge in [-0.15, -0.1) is 0 Å². The maximum atomic E-state index is 12.8. The zero-order chi connectivity index (χ0) is 18.1. The number of halogens is 4. The molecule has 0 saturated heterocycles. The molecular weight excluding hydrogens is 373 g/mol. The van der Waals surface area contributed by atoms with E-state index in [1.807, 2.05) is 0 Å². The van der Waals surface area contributed by atoms with Gasteiger partial charge in [-0.25, -0.2) is 4.98 Å². The molecule has 0 fully saturated rings. The van der Waals surface area contributed by atoms with Gasteiger partial charge in [-0.1, -0.05) is 22.9 Å². The summed E-state index contributed by atoms with van der Waals surface area (Å²) in [4.78, 5) is 24.4. The molecule has 0 radical (unpaired) electrons. The third-order valence-corrected chi connectivity index (χ3v) is 4.05. The summed E-state index contributed by atoms with van der Waals surface area (Å²) in [6.07, 6.45) is -4.83. The second kappa shape index (κ2) is 6.61. The van der Waals surface area contributed by atoms with Gasteiger partial charge in [0.1, 0.15) is 4.88 Å². The Balaban J connectivity index is 2.21. The van der Waals surface area contributed by atoms with E-state index in [4.69, 9.17) is 17.3 Å². The van der Waals surface area contributed by atoms with E-state index in [-0.39, 0.29) is 22.8 Å². The highest BCUT2D eigenvalue weighted by atomic mass is 35.5. The minimum absolute atomic E-state index is 0.126. The molecule has 3 N–H and O–H groups in total. The standard InChI is InChI=1S/C12H8ClF3N4O3S/c13-7-2-1-6(20(22)23)3-5(7)4-18-10(21)8-9(12(14,15)16)19-11(17)24-8/h1-3H,4H2,(H2,17,19)(H,18,21). The molecule has 0 unspecified atom stereocenters. The molecule has 0 aliphatic heterocycles. The van der Waals surface area contributed by atoms with Gasteiger partial charge in [-0.05, 0) is 11.6 Å². The summed E-state index contributed by atoms with van der Waals surface area (Å²) in [5.74, 6) is -1.06. The van der Waals surface area contributed by atoms with E-state index in [1.54, 1.807) is 0 Å². The Kier molecular flexibility index (Phi) is 4.94. The molecule has 128 valence electrons. The van der Waals surface area contributed by atoms with E-state index in [1.165, 1.54) is 12.1 Å². The first-order valence-corrected chi connectivity index (χ1v) is 7.33. The van der Waals surface area contributed by atoms with E-state index >= 15 is 0 Å².